The first-order chi connectivity index (χ1) is 9.75. The van der Waals surface area contributed by atoms with Crippen molar-refractivity contribution in [3.05, 3.63) is 72.3 Å². The summed E-state index contributed by atoms with van der Waals surface area (Å²) in [6, 6.07) is 19.8. The molecule has 0 saturated heterocycles. The monoisotopic (exact) mass is 284 g/mol. The van der Waals surface area contributed by atoms with Crippen LogP contribution in [0.4, 0.5) is 0 Å². The van der Waals surface area contributed by atoms with Gasteiger partial charge in [0.25, 0.3) is 0 Å². The third-order valence-electron chi connectivity index (χ3n) is 4.54. The third-order valence-corrected chi connectivity index (χ3v) is 9.87. The maximum atomic E-state index is 3.96. The molecule has 0 fully saturated rings. The molecule has 2 rings (SSSR count). The van der Waals surface area contributed by atoms with Crippen molar-refractivity contribution >= 4 is 18.6 Å². The van der Waals surface area contributed by atoms with E-state index >= 15 is 0 Å². The second-order valence-corrected chi connectivity index (χ2v) is 10.3. The molecule has 0 radical (unpaired) electrons. The molecule has 0 bridgehead atoms. The van der Waals surface area contributed by atoms with Crippen molar-refractivity contribution in [1.82, 2.24) is 0 Å². The summed E-state index contributed by atoms with van der Waals surface area (Å²) in [7, 11) is -1.46. The van der Waals surface area contributed by atoms with Gasteiger partial charge in [0.1, 0.15) is 0 Å². The van der Waals surface area contributed by atoms with E-state index in [0.29, 0.717) is 0 Å². The van der Waals surface area contributed by atoms with Gasteiger partial charge in [-0.15, -0.1) is 0 Å². The first kappa shape index (κ1) is 15.0. The molecular formula is C19H25P. The minimum absolute atomic E-state index is 1.21. The molecule has 0 spiro atoms. The fourth-order valence-electron chi connectivity index (χ4n) is 3.06. The van der Waals surface area contributed by atoms with Crippen molar-refractivity contribution in [2.24, 2.45) is 0 Å². The average Bonchev–Trinajstić information content (AvgIpc) is 2.54. The van der Waals surface area contributed by atoms with E-state index in [1.165, 1.54) is 29.6 Å². The van der Waals surface area contributed by atoms with E-state index in [-0.39, 0.29) is 0 Å². The summed E-state index contributed by atoms with van der Waals surface area (Å²) in [5.41, 5.74) is 2.75. The summed E-state index contributed by atoms with van der Waals surface area (Å²) in [5.74, 6) is 0. The molecule has 0 aromatic heterocycles. The molecule has 20 heavy (non-hydrogen) atoms. The van der Waals surface area contributed by atoms with Crippen molar-refractivity contribution in [2.75, 3.05) is 12.3 Å². The molecule has 2 aromatic rings. The van der Waals surface area contributed by atoms with Crippen LogP contribution in [-0.4, -0.2) is 12.3 Å². The molecule has 0 atom stereocenters. The maximum absolute atomic E-state index is 3.96. The van der Waals surface area contributed by atoms with Gasteiger partial charge in [-0.25, -0.2) is 0 Å². The van der Waals surface area contributed by atoms with Crippen LogP contribution in [0.1, 0.15) is 25.0 Å². The van der Waals surface area contributed by atoms with Crippen LogP contribution in [0.25, 0.3) is 6.08 Å². The van der Waals surface area contributed by atoms with Gasteiger partial charge in [-0.2, -0.15) is 0 Å². The summed E-state index contributed by atoms with van der Waals surface area (Å²) >= 11 is 0. The van der Waals surface area contributed by atoms with Crippen molar-refractivity contribution in [3.8, 4) is 0 Å². The van der Waals surface area contributed by atoms with E-state index in [9.17, 15) is 0 Å². The minimum atomic E-state index is -1.46. The van der Waals surface area contributed by atoms with Gasteiger partial charge in [0, 0.05) is 0 Å². The molecule has 2 aromatic carbocycles. The van der Waals surface area contributed by atoms with Crippen LogP contribution >= 0.6 is 7.26 Å². The van der Waals surface area contributed by atoms with Crippen molar-refractivity contribution in [1.29, 1.82) is 0 Å². The Morgan fingerprint density at radius 3 is 2.10 bits per heavy atom. The van der Waals surface area contributed by atoms with Crippen LogP contribution in [0.5, 0.6) is 0 Å². The zero-order valence-electron chi connectivity index (χ0n) is 12.6. The topological polar surface area (TPSA) is 0 Å². The number of hydrogen-bond acceptors (Lipinski definition) is 0. The summed E-state index contributed by atoms with van der Waals surface area (Å²) < 4.78 is 0. The van der Waals surface area contributed by atoms with Crippen molar-refractivity contribution in [3.63, 3.8) is 0 Å². The molecule has 0 amide bonds. The Kier molecular flexibility index (Phi) is 5.15. The SMILES string of the molecule is C=Cc1ccccc1C[PH](CC)(CC)c1ccccc1. The average molecular weight is 284 g/mol. The fourth-order valence-corrected chi connectivity index (χ4v) is 7.03. The van der Waals surface area contributed by atoms with Crippen LogP contribution in [0, 0.1) is 0 Å². The molecular weight excluding hydrogens is 259 g/mol. The first-order valence-electron chi connectivity index (χ1n) is 7.51. The molecule has 0 nitrogen and oxygen atoms in total. The van der Waals surface area contributed by atoms with Gasteiger partial charge < -0.3 is 0 Å². The molecule has 0 aliphatic carbocycles. The second kappa shape index (κ2) is 6.86. The Balaban J connectivity index is 2.42. The molecule has 0 saturated carbocycles. The van der Waals surface area contributed by atoms with Crippen LogP contribution in [0.3, 0.4) is 0 Å². The molecule has 0 aliphatic rings. The normalized spacial score (nSPS) is 12.1. The van der Waals surface area contributed by atoms with Gasteiger partial charge >= 0.3 is 123 Å². The molecule has 0 N–H and O–H groups in total. The number of rotatable bonds is 6. The third kappa shape index (κ3) is 3.02. The van der Waals surface area contributed by atoms with Crippen LogP contribution in [0.15, 0.2) is 61.2 Å². The van der Waals surface area contributed by atoms with E-state index in [1.54, 1.807) is 5.30 Å². The van der Waals surface area contributed by atoms with Crippen LogP contribution in [-0.2, 0) is 6.16 Å². The van der Waals surface area contributed by atoms with E-state index in [0.717, 1.165) is 0 Å². The Labute approximate surface area is 123 Å². The van der Waals surface area contributed by atoms with Crippen molar-refractivity contribution < 1.29 is 0 Å². The molecule has 106 valence electrons. The van der Waals surface area contributed by atoms with E-state index in [4.69, 9.17) is 0 Å². The number of benzene rings is 2. The van der Waals surface area contributed by atoms with Gasteiger partial charge in [0.15, 0.2) is 0 Å². The zero-order chi connectivity index (χ0) is 14.4. The van der Waals surface area contributed by atoms with E-state index in [1.807, 2.05) is 6.08 Å². The van der Waals surface area contributed by atoms with Gasteiger partial charge in [-0.3, -0.25) is 0 Å². The summed E-state index contributed by atoms with van der Waals surface area (Å²) in [6.07, 6.45) is 5.79. The molecule has 0 unspecified atom stereocenters. The van der Waals surface area contributed by atoms with Crippen LogP contribution < -0.4 is 5.30 Å². The quantitative estimate of drug-likeness (QED) is 0.659. The number of hydrogen-bond donors (Lipinski definition) is 0. The zero-order valence-corrected chi connectivity index (χ0v) is 13.6. The van der Waals surface area contributed by atoms with Gasteiger partial charge in [0.2, 0.25) is 0 Å². The van der Waals surface area contributed by atoms with Crippen LogP contribution in [0.2, 0.25) is 0 Å². The molecule has 1 heteroatoms. The first-order valence-corrected chi connectivity index (χ1v) is 10.1. The van der Waals surface area contributed by atoms with Crippen molar-refractivity contribution in [2.45, 2.75) is 20.0 Å². The van der Waals surface area contributed by atoms with Gasteiger partial charge in [-0.05, 0) is 0 Å². The Bertz CT molecular complexity index is 553. The Morgan fingerprint density at radius 2 is 1.50 bits per heavy atom. The van der Waals surface area contributed by atoms with E-state index < -0.39 is 7.26 Å². The van der Waals surface area contributed by atoms with Gasteiger partial charge in [0.05, 0.1) is 0 Å². The predicted molar refractivity (Wildman–Crippen MR) is 95.7 cm³/mol. The van der Waals surface area contributed by atoms with E-state index in [2.05, 4.69) is 75.0 Å². The van der Waals surface area contributed by atoms with Gasteiger partial charge in [-0.1, -0.05) is 0 Å². The predicted octanol–water partition coefficient (Wildman–Crippen LogP) is 4.94. The second-order valence-electron chi connectivity index (χ2n) is 5.43. The Hall–Kier alpha value is -1.39. The molecule has 0 aliphatic heterocycles. The fraction of sp³-hybridized carbons (Fsp3) is 0.263. The molecule has 0 heterocycles. The Morgan fingerprint density at radius 1 is 0.900 bits per heavy atom. The summed E-state index contributed by atoms with van der Waals surface area (Å²) in [6.45, 7) is 8.68. The summed E-state index contributed by atoms with van der Waals surface area (Å²) in [5, 5.41) is 1.59. The standard InChI is InChI=1S/C19H25P/c1-4-17-12-10-11-13-18(17)16-20(5-2,6-3)19-14-8-7-9-15-19/h4,7-15,20H,1,5-6,16H2,2-3H3. The summed E-state index contributed by atoms with van der Waals surface area (Å²) in [4.78, 5) is 0.